The Labute approximate surface area is 49.7 Å². The third-order valence-electron chi connectivity index (χ3n) is 0.632. The van der Waals surface area contributed by atoms with Crippen molar-refractivity contribution in [2.24, 2.45) is 10.3 Å². The molecule has 3 nitrogen and oxygen atoms in total. The van der Waals surface area contributed by atoms with Crippen LogP contribution in [0.2, 0.25) is 0 Å². The standard InChI is InChI=1S/C3H6N3.C2H6/c1-6-3-2-4-5-6;1-2/h3H,2H2,1H3;1-2H3/q+1;. The van der Waals surface area contributed by atoms with E-state index in [1.165, 1.54) is 0 Å². The smallest absolute Gasteiger partial charge is 0.141 e. The van der Waals surface area contributed by atoms with E-state index in [0.29, 0.717) is 0 Å². The molecule has 0 radical (unpaired) electrons. The van der Waals surface area contributed by atoms with E-state index in [1.807, 2.05) is 27.1 Å². The Balaban J connectivity index is 0.000000222. The predicted molar refractivity (Wildman–Crippen MR) is 33.3 cm³/mol. The summed E-state index contributed by atoms with van der Waals surface area (Å²) in [4.78, 5) is 0. The van der Waals surface area contributed by atoms with Gasteiger partial charge in [-0.05, 0) is 0 Å². The Morgan fingerprint density at radius 1 is 1.50 bits per heavy atom. The average molecular weight is 114 g/mol. The summed E-state index contributed by atoms with van der Waals surface area (Å²) in [6, 6.07) is 0. The topological polar surface area (TPSA) is 27.7 Å². The highest BCUT2D eigenvalue weighted by Crippen LogP contribution is 1.80. The molecule has 0 aromatic rings. The molecule has 1 aliphatic rings. The molecule has 0 spiro atoms. The number of hydrogen-bond donors (Lipinski definition) is 0. The van der Waals surface area contributed by atoms with E-state index in [9.17, 15) is 0 Å². The fraction of sp³-hybridized carbons (Fsp3) is 0.800. The minimum Gasteiger partial charge on any atom is -0.141 e. The molecule has 1 heterocycles. The molecule has 0 amide bonds. The molecule has 0 fully saturated rings. The van der Waals surface area contributed by atoms with Gasteiger partial charge in [-0.2, -0.15) is 0 Å². The molecule has 3 heteroatoms. The molecular weight excluding hydrogens is 102 g/mol. The molecular formula is C5H12N3+. The zero-order valence-corrected chi connectivity index (χ0v) is 5.63. The van der Waals surface area contributed by atoms with Crippen molar-refractivity contribution in [3.8, 4) is 0 Å². The molecule has 0 aromatic heterocycles. The summed E-state index contributed by atoms with van der Waals surface area (Å²) in [7, 11) is 1.86. The maximum Gasteiger partial charge on any atom is 0.212 e. The molecule has 0 bridgehead atoms. The van der Waals surface area contributed by atoms with Gasteiger partial charge < -0.3 is 0 Å². The second-order valence-corrected chi connectivity index (χ2v) is 1.17. The van der Waals surface area contributed by atoms with Crippen molar-refractivity contribution in [3.05, 3.63) is 0 Å². The van der Waals surface area contributed by atoms with E-state index >= 15 is 0 Å². The quantitative estimate of drug-likeness (QED) is 0.422. The molecule has 0 unspecified atom stereocenters. The minimum atomic E-state index is 0.747. The largest absolute Gasteiger partial charge is 0.212 e. The van der Waals surface area contributed by atoms with Gasteiger partial charge in [0.2, 0.25) is 6.54 Å². The van der Waals surface area contributed by atoms with Gasteiger partial charge in [-0.25, -0.2) is 0 Å². The summed E-state index contributed by atoms with van der Waals surface area (Å²) in [6.45, 7) is 4.75. The Kier molecular flexibility index (Phi) is 4.03. The molecule has 0 saturated heterocycles. The summed E-state index contributed by atoms with van der Waals surface area (Å²) in [5, 5.41) is 7.30. The molecule has 0 atom stereocenters. The van der Waals surface area contributed by atoms with E-state index in [-0.39, 0.29) is 0 Å². The van der Waals surface area contributed by atoms with Crippen molar-refractivity contribution >= 4 is 6.21 Å². The van der Waals surface area contributed by atoms with Crippen LogP contribution < -0.4 is 0 Å². The lowest BCUT2D eigenvalue weighted by atomic mass is 10.8. The molecule has 0 saturated carbocycles. The fourth-order valence-corrected chi connectivity index (χ4v) is 0.327. The minimum absolute atomic E-state index is 0.747. The molecule has 0 N–H and O–H groups in total. The summed E-state index contributed by atoms with van der Waals surface area (Å²) in [6.07, 6.45) is 1.90. The summed E-state index contributed by atoms with van der Waals surface area (Å²) >= 11 is 0. The predicted octanol–water partition coefficient (Wildman–Crippen LogP) is 1.11. The first-order chi connectivity index (χ1) is 3.89. The average Bonchev–Trinajstić information content (AvgIpc) is 2.24. The van der Waals surface area contributed by atoms with E-state index in [4.69, 9.17) is 0 Å². The van der Waals surface area contributed by atoms with Crippen LogP contribution in [0.25, 0.3) is 0 Å². The van der Waals surface area contributed by atoms with Crippen LogP contribution in [-0.4, -0.2) is 24.5 Å². The second-order valence-electron chi connectivity index (χ2n) is 1.17. The van der Waals surface area contributed by atoms with Crippen LogP contribution in [0.1, 0.15) is 13.8 Å². The first-order valence-electron chi connectivity index (χ1n) is 2.83. The van der Waals surface area contributed by atoms with Gasteiger partial charge in [-0.1, -0.05) is 13.8 Å². The number of rotatable bonds is 0. The molecule has 1 rings (SSSR count). The highest BCUT2D eigenvalue weighted by Gasteiger charge is 1.96. The lowest BCUT2D eigenvalue weighted by Crippen LogP contribution is -1.90. The van der Waals surface area contributed by atoms with Gasteiger partial charge in [0, 0.05) is 5.11 Å². The van der Waals surface area contributed by atoms with E-state index in [2.05, 4.69) is 10.3 Å². The monoisotopic (exact) mass is 114 g/mol. The Morgan fingerprint density at radius 3 is 2.25 bits per heavy atom. The first-order valence-corrected chi connectivity index (χ1v) is 2.83. The van der Waals surface area contributed by atoms with E-state index < -0.39 is 0 Å². The third kappa shape index (κ3) is 2.44. The van der Waals surface area contributed by atoms with Gasteiger partial charge in [0.05, 0.1) is 0 Å². The normalized spacial score (nSPS) is 14.6. The van der Waals surface area contributed by atoms with Gasteiger partial charge in [0.25, 0.3) is 0 Å². The summed E-state index contributed by atoms with van der Waals surface area (Å²) in [5.74, 6) is 0. The van der Waals surface area contributed by atoms with Gasteiger partial charge >= 0.3 is 0 Å². The highest BCUT2D eigenvalue weighted by molar-refractivity contribution is 5.54. The van der Waals surface area contributed by atoms with Crippen LogP contribution in [0, 0.1) is 0 Å². The van der Waals surface area contributed by atoms with Crippen molar-refractivity contribution in [2.45, 2.75) is 13.8 Å². The van der Waals surface area contributed by atoms with Crippen LogP contribution in [0.4, 0.5) is 0 Å². The van der Waals surface area contributed by atoms with Crippen molar-refractivity contribution in [3.63, 3.8) is 0 Å². The summed E-state index contributed by atoms with van der Waals surface area (Å²) < 4.78 is 1.69. The molecule has 0 aliphatic carbocycles. The molecule has 1 aliphatic heterocycles. The zero-order chi connectivity index (χ0) is 6.41. The van der Waals surface area contributed by atoms with Crippen LogP contribution in [-0.2, 0) is 0 Å². The van der Waals surface area contributed by atoms with Crippen molar-refractivity contribution in [1.82, 2.24) is 0 Å². The van der Waals surface area contributed by atoms with Crippen LogP contribution in [0.15, 0.2) is 10.3 Å². The zero-order valence-electron chi connectivity index (χ0n) is 5.63. The Morgan fingerprint density at radius 2 is 2.12 bits per heavy atom. The van der Waals surface area contributed by atoms with E-state index in [0.717, 1.165) is 6.54 Å². The van der Waals surface area contributed by atoms with Crippen LogP contribution in [0.5, 0.6) is 0 Å². The first kappa shape index (κ1) is 7.27. The van der Waals surface area contributed by atoms with Gasteiger partial charge in [-0.3, -0.25) is 0 Å². The van der Waals surface area contributed by atoms with Gasteiger partial charge in [0.15, 0.2) is 0 Å². The van der Waals surface area contributed by atoms with Crippen molar-refractivity contribution < 1.29 is 4.68 Å². The van der Waals surface area contributed by atoms with Crippen LogP contribution >= 0.6 is 0 Å². The Bertz CT molecular complexity index is 101. The van der Waals surface area contributed by atoms with Gasteiger partial charge in [0.1, 0.15) is 18.5 Å². The number of hydrogen-bond acceptors (Lipinski definition) is 2. The fourth-order valence-electron chi connectivity index (χ4n) is 0.327. The SMILES string of the molecule is CC.C[N+]1=CCN=N1. The van der Waals surface area contributed by atoms with Gasteiger partial charge in [-0.15, -0.1) is 4.68 Å². The lowest BCUT2D eigenvalue weighted by Gasteiger charge is -1.67. The lowest BCUT2D eigenvalue weighted by molar-refractivity contribution is -0.500. The molecule has 46 valence electrons. The van der Waals surface area contributed by atoms with E-state index in [1.54, 1.807) is 4.68 Å². The second kappa shape index (κ2) is 4.43. The van der Waals surface area contributed by atoms with Crippen LogP contribution in [0.3, 0.4) is 0 Å². The highest BCUT2D eigenvalue weighted by atomic mass is 15.5. The summed E-state index contributed by atoms with van der Waals surface area (Å²) in [5.41, 5.74) is 0. The Hall–Kier alpha value is -0.730. The van der Waals surface area contributed by atoms with Crippen molar-refractivity contribution in [2.75, 3.05) is 13.6 Å². The number of nitrogens with zero attached hydrogens (tertiary/aromatic N) is 3. The third-order valence-corrected chi connectivity index (χ3v) is 0.632. The molecule has 0 aromatic carbocycles. The van der Waals surface area contributed by atoms with Crippen molar-refractivity contribution in [1.29, 1.82) is 0 Å². The molecule has 8 heavy (non-hydrogen) atoms. The maximum absolute atomic E-state index is 3.66. The maximum atomic E-state index is 3.66.